The maximum Gasteiger partial charge on any atom is 0.193 e. The molecule has 3 rings (SSSR count). The van der Waals surface area contributed by atoms with E-state index in [9.17, 15) is 0 Å². The van der Waals surface area contributed by atoms with Crippen molar-refractivity contribution in [3.05, 3.63) is 41.5 Å². The first-order valence-electron chi connectivity index (χ1n) is 8.75. The molecule has 1 aliphatic heterocycles. The molecule has 0 saturated carbocycles. The molecule has 1 aromatic carbocycles. The molecule has 0 fully saturated rings. The fraction of sp³-hybridized carbons (Fsp3) is 0.500. The summed E-state index contributed by atoms with van der Waals surface area (Å²) >= 11 is 0. The predicted molar refractivity (Wildman–Crippen MR) is 97.1 cm³/mol. The fourth-order valence-electron chi connectivity index (χ4n) is 2.96. The van der Waals surface area contributed by atoms with Gasteiger partial charge in [-0.15, -0.1) is 10.2 Å². The summed E-state index contributed by atoms with van der Waals surface area (Å²) < 4.78 is 2.17. The molecule has 0 radical (unpaired) electrons. The summed E-state index contributed by atoms with van der Waals surface area (Å²) in [5, 5.41) is 11.6. The molecule has 1 aliphatic rings. The third kappa shape index (κ3) is 3.75. The van der Waals surface area contributed by atoms with Crippen LogP contribution >= 0.6 is 0 Å². The standard InChI is InChI=1S/C18H26N6/c1-3-13(2)14-7-9-15(10-8-14)21-18(19)20-12-17-23-22-16-6-4-5-11-24(16)17/h7-10,13H,3-6,11-12H2,1-2H3,(H3,19,20,21). The van der Waals surface area contributed by atoms with Crippen LogP contribution in [0, 0.1) is 0 Å². The Hall–Kier alpha value is -2.37. The molecule has 128 valence electrons. The molecule has 1 unspecified atom stereocenters. The van der Waals surface area contributed by atoms with E-state index in [0.717, 1.165) is 36.7 Å². The smallest absolute Gasteiger partial charge is 0.193 e. The zero-order chi connectivity index (χ0) is 16.9. The van der Waals surface area contributed by atoms with E-state index >= 15 is 0 Å². The molecule has 0 saturated heterocycles. The number of fused-ring (bicyclic) bond motifs is 1. The number of hydrogen-bond donors (Lipinski definition) is 2. The number of hydrogen-bond acceptors (Lipinski definition) is 3. The molecule has 1 aromatic heterocycles. The van der Waals surface area contributed by atoms with Gasteiger partial charge in [-0.2, -0.15) is 0 Å². The number of nitrogens with one attached hydrogen (secondary N) is 1. The first-order valence-corrected chi connectivity index (χ1v) is 8.75. The van der Waals surface area contributed by atoms with Gasteiger partial charge in [-0.05, 0) is 42.9 Å². The van der Waals surface area contributed by atoms with Crippen molar-refractivity contribution < 1.29 is 0 Å². The number of aryl methyl sites for hydroxylation is 1. The second-order valence-corrected chi connectivity index (χ2v) is 6.40. The molecule has 3 N–H and O–H groups in total. The summed E-state index contributed by atoms with van der Waals surface area (Å²) in [7, 11) is 0. The van der Waals surface area contributed by atoms with Crippen molar-refractivity contribution in [3.8, 4) is 0 Å². The highest BCUT2D eigenvalue weighted by Crippen LogP contribution is 2.20. The predicted octanol–water partition coefficient (Wildman–Crippen LogP) is 3.05. The van der Waals surface area contributed by atoms with E-state index in [4.69, 9.17) is 5.73 Å². The van der Waals surface area contributed by atoms with Crippen molar-refractivity contribution in [2.24, 2.45) is 10.7 Å². The van der Waals surface area contributed by atoms with Gasteiger partial charge in [0.25, 0.3) is 0 Å². The van der Waals surface area contributed by atoms with Crippen LogP contribution in [0.2, 0.25) is 0 Å². The topological polar surface area (TPSA) is 81.1 Å². The van der Waals surface area contributed by atoms with Gasteiger partial charge in [0.1, 0.15) is 12.4 Å². The lowest BCUT2D eigenvalue weighted by atomic mass is 9.99. The van der Waals surface area contributed by atoms with Gasteiger partial charge in [0.05, 0.1) is 0 Å². The maximum absolute atomic E-state index is 6.00. The van der Waals surface area contributed by atoms with Crippen LogP contribution in [-0.2, 0) is 19.5 Å². The number of guanidine groups is 1. The first kappa shape index (κ1) is 16.5. The van der Waals surface area contributed by atoms with Crippen molar-refractivity contribution in [2.45, 2.75) is 58.5 Å². The highest BCUT2D eigenvalue weighted by Gasteiger charge is 2.15. The molecule has 0 spiro atoms. The van der Waals surface area contributed by atoms with Crippen LogP contribution in [0.4, 0.5) is 5.69 Å². The molecule has 1 atom stereocenters. The molecule has 0 bridgehead atoms. The Labute approximate surface area is 143 Å². The summed E-state index contributed by atoms with van der Waals surface area (Å²) in [5.74, 6) is 2.93. The molecular formula is C18H26N6. The molecule has 24 heavy (non-hydrogen) atoms. The number of rotatable bonds is 5. The Morgan fingerprint density at radius 3 is 2.83 bits per heavy atom. The number of benzene rings is 1. The third-order valence-electron chi connectivity index (χ3n) is 4.69. The van der Waals surface area contributed by atoms with Crippen LogP contribution in [0.3, 0.4) is 0 Å². The second-order valence-electron chi connectivity index (χ2n) is 6.40. The van der Waals surface area contributed by atoms with Crippen LogP contribution in [0.15, 0.2) is 29.3 Å². The van der Waals surface area contributed by atoms with Gasteiger partial charge in [0.15, 0.2) is 11.8 Å². The van der Waals surface area contributed by atoms with Gasteiger partial charge < -0.3 is 15.6 Å². The third-order valence-corrected chi connectivity index (χ3v) is 4.69. The normalized spacial score (nSPS) is 15.8. The fourth-order valence-corrected chi connectivity index (χ4v) is 2.96. The van der Waals surface area contributed by atoms with Crippen LogP contribution < -0.4 is 11.1 Å². The van der Waals surface area contributed by atoms with E-state index in [2.05, 4.69) is 51.1 Å². The molecule has 2 aromatic rings. The van der Waals surface area contributed by atoms with E-state index in [-0.39, 0.29) is 0 Å². The van der Waals surface area contributed by atoms with Crippen LogP contribution in [0.5, 0.6) is 0 Å². The van der Waals surface area contributed by atoms with Gasteiger partial charge in [0, 0.05) is 18.7 Å². The van der Waals surface area contributed by atoms with Gasteiger partial charge in [-0.25, -0.2) is 4.99 Å². The van der Waals surface area contributed by atoms with Crippen molar-refractivity contribution in [2.75, 3.05) is 5.32 Å². The Kier molecular flexibility index (Phi) is 5.13. The summed E-state index contributed by atoms with van der Waals surface area (Å²) in [6.07, 6.45) is 4.52. The minimum atomic E-state index is 0.402. The monoisotopic (exact) mass is 326 g/mol. The van der Waals surface area contributed by atoms with Crippen molar-refractivity contribution >= 4 is 11.6 Å². The Morgan fingerprint density at radius 2 is 2.08 bits per heavy atom. The van der Waals surface area contributed by atoms with Gasteiger partial charge >= 0.3 is 0 Å². The zero-order valence-electron chi connectivity index (χ0n) is 14.5. The molecule has 6 heteroatoms. The lowest BCUT2D eigenvalue weighted by Crippen LogP contribution is -2.23. The molecule has 2 heterocycles. The van der Waals surface area contributed by atoms with Crippen molar-refractivity contribution in [3.63, 3.8) is 0 Å². The van der Waals surface area contributed by atoms with E-state index in [1.165, 1.54) is 18.4 Å². The average molecular weight is 326 g/mol. The quantitative estimate of drug-likeness (QED) is 0.653. The molecule has 0 amide bonds. The number of nitrogens with zero attached hydrogens (tertiary/aromatic N) is 4. The minimum absolute atomic E-state index is 0.402. The number of aromatic nitrogens is 3. The van der Waals surface area contributed by atoms with Crippen LogP contribution in [0.1, 0.15) is 56.2 Å². The first-order chi connectivity index (χ1) is 11.7. The summed E-state index contributed by atoms with van der Waals surface area (Å²) in [4.78, 5) is 4.40. The van der Waals surface area contributed by atoms with Crippen molar-refractivity contribution in [1.82, 2.24) is 14.8 Å². The molecule has 6 nitrogen and oxygen atoms in total. The molecular weight excluding hydrogens is 300 g/mol. The van der Waals surface area contributed by atoms with Crippen molar-refractivity contribution in [1.29, 1.82) is 0 Å². The SMILES string of the molecule is CCC(C)c1ccc(NC(N)=NCc2nnc3n2CCCC3)cc1. The number of anilines is 1. The van der Waals surface area contributed by atoms with E-state index < -0.39 is 0 Å². The Bertz CT molecular complexity index is 701. The summed E-state index contributed by atoms with van der Waals surface area (Å²) in [6.45, 7) is 5.87. The van der Waals surface area contributed by atoms with Gasteiger partial charge in [-0.1, -0.05) is 26.0 Å². The van der Waals surface area contributed by atoms with Gasteiger partial charge in [-0.3, -0.25) is 0 Å². The second kappa shape index (κ2) is 7.47. The number of aliphatic imine (C=N–C) groups is 1. The van der Waals surface area contributed by atoms with Gasteiger partial charge in [0.2, 0.25) is 0 Å². The highest BCUT2D eigenvalue weighted by molar-refractivity contribution is 5.92. The van der Waals surface area contributed by atoms with E-state index in [1.54, 1.807) is 0 Å². The number of nitrogens with two attached hydrogens (primary N) is 1. The largest absolute Gasteiger partial charge is 0.370 e. The van der Waals surface area contributed by atoms with E-state index in [0.29, 0.717) is 18.4 Å². The summed E-state index contributed by atoms with van der Waals surface area (Å²) in [5.41, 5.74) is 8.30. The highest BCUT2D eigenvalue weighted by atomic mass is 15.3. The van der Waals surface area contributed by atoms with E-state index in [1.807, 2.05) is 12.1 Å². The minimum Gasteiger partial charge on any atom is -0.370 e. The Morgan fingerprint density at radius 1 is 1.29 bits per heavy atom. The average Bonchev–Trinajstić information content (AvgIpc) is 3.03. The maximum atomic E-state index is 6.00. The van der Waals surface area contributed by atoms with Crippen LogP contribution in [0.25, 0.3) is 0 Å². The zero-order valence-corrected chi connectivity index (χ0v) is 14.5. The van der Waals surface area contributed by atoms with Crippen LogP contribution in [-0.4, -0.2) is 20.7 Å². The lowest BCUT2D eigenvalue weighted by molar-refractivity contribution is 0.508. The Balaban J connectivity index is 1.61. The lowest BCUT2D eigenvalue weighted by Gasteiger charge is -2.14. The summed E-state index contributed by atoms with van der Waals surface area (Å²) in [6, 6.07) is 8.36. The molecule has 0 aliphatic carbocycles.